The van der Waals surface area contributed by atoms with Gasteiger partial charge in [0.15, 0.2) is 0 Å². The van der Waals surface area contributed by atoms with E-state index >= 15 is 0 Å². The first-order valence-electron chi connectivity index (χ1n) is 50.6. The SMILES string of the molecule is CC1c2c(c3ccc(-n4ccc(OCc5ccccc5)cc4=O)cc3n2C)CCN1C.CCOCn1c2c(c3ccc(-n4ccc(OCc5ccccc5)cc4=O)cc31)CNCC2.CN1CCc2c(c3ccc(-n4ccc(-c5ccccc5)cc4=O)cc3n2C)C1.Cc1ccc(-c2ccn(-c3ccc4c5c(n(C)c4c3)CCNC5)c(=O)c2)c(F)c1.Cn1c2c(c3ccc(-n4ccc(-c5ccccc5)cc4=O)cc31)CNCC2. The van der Waals surface area contributed by atoms with Crippen molar-refractivity contribution in [2.45, 2.75) is 105 Å². The molecule has 15 heterocycles. The summed E-state index contributed by atoms with van der Waals surface area (Å²) >= 11 is 0. The highest BCUT2D eigenvalue weighted by molar-refractivity contribution is 5.92. The van der Waals surface area contributed by atoms with Gasteiger partial charge in [0.25, 0.3) is 27.8 Å². The number of hydrogen-bond acceptors (Lipinski definition) is 13. The van der Waals surface area contributed by atoms with Crippen LogP contribution in [0.3, 0.4) is 0 Å². The maximum Gasteiger partial charge on any atom is 0.258 e. The number of pyridine rings is 5. The molecule has 25 rings (SSSR count). The normalized spacial score (nSPS) is 14.3. The number of benzene rings is 10. The first kappa shape index (κ1) is 97.0. The molecule has 0 fully saturated rings. The highest BCUT2D eigenvalue weighted by atomic mass is 19.1. The monoisotopic (exact) mass is 1950 g/mol. The molecule has 5 aliphatic heterocycles. The third-order valence-electron chi connectivity index (χ3n) is 29.8. The fourth-order valence-electron chi connectivity index (χ4n) is 21.9. The zero-order valence-electron chi connectivity index (χ0n) is 84.4. The van der Waals surface area contributed by atoms with Crippen LogP contribution < -0.4 is 53.2 Å². The maximum absolute atomic E-state index is 14.3. The summed E-state index contributed by atoms with van der Waals surface area (Å²) in [5.41, 5.74) is 31.4. The van der Waals surface area contributed by atoms with E-state index in [-0.39, 0.29) is 33.6 Å². The lowest BCUT2D eigenvalue weighted by molar-refractivity contribution is 0.0887. The van der Waals surface area contributed by atoms with E-state index in [1.807, 2.05) is 202 Å². The van der Waals surface area contributed by atoms with E-state index in [1.54, 1.807) is 77.8 Å². The van der Waals surface area contributed by atoms with E-state index in [9.17, 15) is 28.4 Å². The predicted octanol–water partition coefficient (Wildman–Crippen LogP) is 20.2. The molecule has 0 saturated heterocycles. The second-order valence-electron chi connectivity index (χ2n) is 38.8. The Morgan fingerprint density at radius 3 is 1.16 bits per heavy atom. The van der Waals surface area contributed by atoms with Crippen LogP contribution >= 0.6 is 0 Å². The molecule has 0 saturated carbocycles. The van der Waals surface area contributed by atoms with Gasteiger partial charge in [-0.25, -0.2) is 4.39 Å². The fourth-order valence-corrected chi connectivity index (χ4v) is 21.9. The molecule has 5 aliphatic rings. The Balaban J connectivity index is 0.000000108. The molecule has 10 aromatic carbocycles. The first-order chi connectivity index (χ1) is 71.6. The zero-order valence-corrected chi connectivity index (χ0v) is 84.4. The topological polar surface area (TPSA) is 205 Å². The average molecular weight is 1960 g/mol. The van der Waals surface area contributed by atoms with Gasteiger partial charge in [0.05, 0.1) is 56.0 Å². The van der Waals surface area contributed by atoms with E-state index in [0.717, 1.165) is 169 Å². The Morgan fingerprint density at radius 2 is 0.721 bits per heavy atom. The standard InChI is InChI=1S/C26H27N3O3.C26H27N3O2.C24H22FN3O.C24H23N3O.C23H21N3O/c1-2-31-18-29-24-10-12-27-16-23(24)22-9-8-20(14-25(22)29)28-13-11-21(15-26(28)30)32-17-19-6-4-3-5-7-19;1-18-26-23(12-13-27(18)2)22-10-9-20(15-24(22)28(26)3)29-14-11-21(16-25(29)30)31-17-19-7-5-4-6-8-19;1-15-3-5-18(21(25)11-15)16-8-10-28(24(29)12-16)17-4-6-19-20-14-26-9-7-22(20)27(2)23(19)13-17;1-25-12-11-22-21(16-25)20-9-8-19(15-23(20)26(22)2)27-13-10-18(14-24(27)28)17-6-4-3-5-7-17;1-25-21-9-11-24-15-20(21)19-8-7-18(14-22(19)25)26-12-10-17(13-23(26)27)16-5-3-2-4-6-16/h3-9,11,13-15,27H,2,10,12,16-18H2,1H3;4-11,14-16,18H,12-13,17H2,1-3H3;3-6,8,10-13,26H,7,9,14H2,1-2H3;3-10,13-15H,11-12,16H2,1-2H3;2-8,10,12-14,24H,9,11,15H2,1H3. The molecule has 0 spiro atoms. The molecule has 20 aromatic rings. The first-order valence-corrected chi connectivity index (χ1v) is 50.6. The summed E-state index contributed by atoms with van der Waals surface area (Å²) < 4.78 is 51.4. The van der Waals surface area contributed by atoms with Crippen LogP contribution in [0.15, 0.2) is 346 Å². The van der Waals surface area contributed by atoms with E-state index in [0.29, 0.717) is 55.2 Å². The Kier molecular flexibility index (Phi) is 27.9. The van der Waals surface area contributed by atoms with E-state index in [1.165, 1.54) is 112 Å². The summed E-state index contributed by atoms with van der Waals surface area (Å²) in [7, 11) is 12.8. The number of aromatic nitrogens is 10. The van der Waals surface area contributed by atoms with Gasteiger partial charge in [-0.15, -0.1) is 0 Å². The molecule has 742 valence electrons. The number of halogens is 1. The lowest BCUT2D eigenvalue weighted by Gasteiger charge is -2.31. The number of rotatable bonds is 17. The second kappa shape index (κ2) is 42.3. The van der Waals surface area contributed by atoms with Crippen LogP contribution in [0.4, 0.5) is 4.39 Å². The third kappa shape index (κ3) is 19.8. The van der Waals surface area contributed by atoms with Gasteiger partial charge in [0.1, 0.15) is 37.3 Å². The summed E-state index contributed by atoms with van der Waals surface area (Å²) in [6.07, 6.45) is 14.2. The van der Waals surface area contributed by atoms with Crippen LogP contribution in [0.25, 0.3) is 116 Å². The maximum atomic E-state index is 14.3. The molecule has 0 aliphatic carbocycles. The van der Waals surface area contributed by atoms with Crippen molar-refractivity contribution >= 4 is 54.5 Å². The van der Waals surface area contributed by atoms with Gasteiger partial charge in [-0.3, -0.25) is 51.7 Å². The van der Waals surface area contributed by atoms with Gasteiger partial charge in [-0.2, -0.15) is 0 Å². The minimum Gasteiger partial charge on any atom is -0.489 e. The average Bonchev–Trinajstić information content (AvgIpc) is 1.59. The lowest BCUT2D eigenvalue weighted by Crippen LogP contribution is -2.31. The van der Waals surface area contributed by atoms with E-state index in [2.05, 4.69) is 165 Å². The highest BCUT2D eigenvalue weighted by Gasteiger charge is 2.30. The number of likely N-dealkylation sites (N-methyl/N-ethyl adjacent to an activating group) is 2. The number of ether oxygens (including phenoxy) is 3. The summed E-state index contributed by atoms with van der Waals surface area (Å²) in [4.78, 5) is 68.9. The van der Waals surface area contributed by atoms with Gasteiger partial charge in [-0.05, 0) is 211 Å². The quantitative estimate of drug-likeness (QED) is 0.0777. The Bertz CT molecular complexity index is 8680. The van der Waals surface area contributed by atoms with Crippen LogP contribution in [0.2, 0.25) is 0 Å². The molecule has 23 nitrogen and oxygen atoms in total. The summed E-state index contributed by atoms with van der Waals surface area (Å²) in [5, 5.41) is 16.7. The van der Waals surface area contributed by atoms with Crippen LogP contribution in [-0.2, 0) is 111 Å². The Hall–Kier alpha value is -16.1. The largest absolute Gasteiger partial charge is 0.489 e. The van der Waals surface area contributed by atoms with Crippen LogP contribution in [0, 0.1) is 12.7 Å². The number of fused-ring (bicyclic) bond motifs is 15. The van der Waals surface area contributed by atoms with Gasteiger partial charge in [-0.1, -0.05) is 164 Å². The predicted molar refractivity (Wildman–Crippen MR) is 587 cm³/mol. The summed E-state index contributed by atoms with van der Waals surface area (Å²) in [5.74, 6) is 0.835. The molecule has 147 heavy (non-hydrogen) atoms. The fraction of sp³-hybridized carbons (Fsp3) is 0.228. The molecule has 24 heteroatoms. The molecular formula is C123H120FN15O8. The molecule has 1 atom stereocenters. The van der Waals surface area contributed by atoms with Crippen LogP contribution in [0.1, 0.15) is 92.9 Å². The van der Waals surface area contributed by atoms with Crippen LogP contribution in [0.5, 0.6) is 11.5 Å². The molecule has 1 unspecified atom stereocenters. The van der Waals surface area contributed by atoms with Crippen molar-refractivity contribution in [2.24, 2.45) is 28.2 Å². The molecule has 3 N–H and O–H groups in total. The lowest BCUT2D eigenvalue weighted by atomic mass is 9.99. The number of nitrogens with one attached hydrogen (secondary N) is 3. The number of nitrogens with zero attached hydrogens (tertiary/aromatic N) is 12. The van der Waals surface area contributed by atoms with E-state index in [4.69, 9.17) is 14.2 Å². The second-order valence-corrected chi connectivity index (χ2v) is 38.8. The van der Waals surface area contributed by atoms with Crippen molar-refractivity contribution in [2.75, 3.05) is 53.4 Å². The minimum atomic E-state index is -0.313. The smallest absolute Gasteiger partial charge is 0.258 e. The van der Waals surface area contributed by atoms with Crippen LogP contribution in [-0.4, -0.2) is 109 Å². The molecular weight excluding hydrogens is 1830 g/mol. The van der Waals surface area contributed by atoms with Crippen molar-refractivity contribution in [3.05, 3.63) is 453 Å². The zero-order chi connectivity index (χ0) is 101. The molecule has 0 bridgehead atoms. The summed E-state index contributed by atoms with van der Waals surface area (Å²) in [6, 6.07) is 94.1. The highest BCUT2D eigenvalue weighted by Crippen LogP contribution is 2.40. The molecule has 0 amide bonds. The van der Waals surface area contributed by atoms with Crippen molar-refractivity contribution in [1.82, 2.24) is 71.4 Å². The Labute approximate surface area is 852 Å². The molecule has 10 aromatic heterocycles. The van der Waals surface area contributed by atoms with Gasteiger partial charge >= 0.3 is 0 Å². The third-order valence-corrected chi connectivity index (χ3v) is 29.8. The van der Waals surface area contributed by atoms with Gasteiger partial charge < -0.3 is 57.9 Å². The number of aryl methyl sites for hydroxylation is 5. The summed E-state index contributed by atoms with van der Waals surface area (Å²) in [6.45, 7) is 16.9. The number of hydrogen-bond donors (Lipinski definition) is 3. The van der Waals surface area contributed by atoms with Crippen molar-refractivity contribution in [3.8, 4) is 73.3 Å². The molecule has 0 radical (unpaired) electrons. The van der Waals surface area contributed by atoms with Gasteiger partial charge in [0.2, 0.25) is 0 Å². The van der Waals surface area contributed by atoms with Crippen molar-refractivity contribution in [1.29, 1.82) is 0 Å². The van der Waals surface area contributed by atoms with Crippen molar-refractivity contribution in [3.63, 3.8) is 0 Å². The van der Waals surface area contributed by atoms with E-state index < -0.39 is 0 Å². The minimum absolute atomic E-state index is 0.0144. The van der Waals surface area contributed by atoms with Gasteiger partial charge in [0, 0.05) is 248 Å². The Morgan fingerprint density at radius 1 is 0.347 bits per heavy atom. The van der Waals surface area contributed by atoms with Crippen molar-refractivity contribution < 1.29 is 18.6 Å².